The highest BCUT2D eigenvalue weighted by molar-refractivity contribution is 5.73. The molecule has 16 heavy (non-hydrogen) atoms. The fraction of sp³-hybridized carbons (Fsp3) is 0.917. The first kappa shape index (κ1) is 11.9. The maximum atomic E-state index is 11.1. The summed E-state index contributed by atoms with van der Waals surface area (Å²) in [4.78, 5) is 13.4. The van der Waals surface area contributed by atoms with Gasteiger partial charge in [0.1, 0.15) is 6.04 Å². The maximum Gasteiger partial charge on any atom is 0.322 e. The van der Waals surface area contributed by atoms with Crippen molar-refractivity contribution in [3.05, 3.63) is 0 Å². The third-order valence-corrected chi connectivity index (χ3v) is 3.63. The maximum absolute atomic E-state index is 11.1. The summed E-state index contributed by atoms with van der Waals surface area (Å²) in [5, 5.41) is 12.4. The van der Waals surface area contributed by atoms with E-state index in [1.807, 2.05) is 0 Å². The fourth-order valence-electron chi connectivity index (χ4n) is 2.24. The molecule has 0 radical (unpaired) electrons. The van der Waals surface area contributed by atoms with E-state index in [1.54, 1.807) is 0 Å². The number of carboxylic acid groups (broad SMARTS) is 1. The number of carbonyl (C=O) groups is 1. The molecule has 1 saturated carbocycles. The van der Waals surface area contributed by atoms with Gasteiger partial charge in [0.25, 0.3) is 0 Å². The molecule has 1 heterocycles. The number of nitrogens with zero attached hydrogens (tertiary/aromatic N) is 1. The summed E-state index contributed by atoms with van der Waals surface area (Å²) in [7, 11) is 0. The van der Waals surface area contributed by atoms with Crippen molar-refractivity contribution < 1.29 is 9.90 Å². The average Bonchev–Trinajstić information content (AvgIpc) is 3.04. The highest BCUT2D eigenvalue weighted by Crippen LogP contribution is 2.20. The number of likely N-dealkylation sites (tertiary alicyclic amines) is 1. The quantitative estimate of drug-likeness (QED) is 0.732. The Morgan fingerprint density at radius 2 is 2.00 bits per heavy atom. The molecule has 2 rings (SSSR count). The number of hydrogen-bond acceptors (Lipinski definition) is 3. The lowest BCUT2D eigenvalue weighted by Gasteiger charge is -2.32. The number of nitrogens with one attached hydrogen (secondary N) is 1. The Bertz CT molecular complexity index is 245. The second kappa shape index (κ2) is 5.15. The molecular formula is C12H22N2O2. The zero-order chi connectivity index (χ0) is 11.5. The van der Waals surface area contributed by atoms with Crippen molar-refractivity contribution in [3.8, 4) is 0 Å². The van der Waals surface area contributed by atoms with Gasteiger partial charge in [-0.15, -0.1) is 0 Å². The van der Waals surface area contributed by atoms with Gasteiger partial charge in [-0.25, -0.2) is 0 Å². The van der Waals surface area contributed by atoms with Gasteiger partial charge in [-0.05, 0) is 44.7 Å². The number of rotatable bonds is 5. The molecule has 1 aliphatic heterocycles. The van der Waals surface area contributed by atoms with E-state index in [-0.39, 0.29) is 6.04 Å². The van der Waals surface area contributed by atoms with Crippen LogP contribution in [0, 0.1) is 5.92 Å². The van der Waals surface area contributed by atoms with Crippen LogP contribution in [0.3, 0.4) is 0 Å². The van der Waals surface area contributed by atoms with Gasteiger partial charge >= 0.3 is 5.97 Å². The molecule has 2 N–H and O–H groups in total. The van der Waals surface area contributed by atoms with Gasteiger partial charge in [0.05, 0.1) is 0 Å². The number of aliphatic carboxylic acids is 1. The molecule has 0 aromatic heterocycles. The molecule has 0 aromatic carbocycles. The molecule has 2 aliphatic rings. The van der Waals surface area contributed by atoms with Crippen LogP contribution in [-0.2, 0) is 4.79 Å². The smallest absolute Gasteiger partial charge is 0.322 e. The van der Waals surface area contributed by atoms with Crippen LogP contribution in [-0.4, -0.2) is 47.7 Å². The topological polar surface area (TPSA) is 52.6 Å². The van der Waals surface area contributed by atoms with Gasteiger partial charge in [0.15, 0.2) is 0 Å². The van der Waals surface area contributed by atoms with Crippen molar-refractivity contribution in [2.24, 2.45) is 5.92 Å². The molecule has 1 unspecified atom stereocenters. The van der Waals surface area contributed by atoms with Crippen LogP contribution in [0.5, 0.6) is 0 Å². The first-order valence-corrected chi connectivity index (χ1v) is 6.36. The van der Waals surface area contributed by atoms with E-state index in [0.717, 1.165) is 31.8 Å². The van der Waals surface area contributed by atoms with Crippen LogP contribution in [0.1, 0.15) is 32.6 Å². The van der Waals surface area contributed by atoms with Crippen LogP contribution in [0.2, 0.25) is 0 Å². The molecule has 92 valence electrons. The summed E-state index contributed by atoms with van der Waals surface area (Å²) in [5.41, 5.74) is 0. The van der Waals surface area contributed by atoms with Crippen LogP contribution >= 0.6 is 0 Å². The van der Waals surface area contributed by atoms with Gasteiger partial charge in [-0.3, -0.25) is 4.79 Å². The van der Waals surface area contributed by atoms with Crippen molar-refractivity contribution in [3.63, 3.8) is 0 Å². The monoisotopic (exact) mass is 226 g/mol. The summed E-state index contributed by atoms with van der Waals surface area (Å²) in [6.45, 7) is 5.04. The Balaban J connectivity index is 1.77. The molecule has 1 aliphatic carbocycles. The molecule has 0 bridgehead atoms. The van der Waals surface area contributed by atoms with Gasteiger partial charge < -0.3 is 15.3 Å². The Kier molecular flexibility index (Phi) is 3.82. The standard InChI is InChI=1S/C12H22N2O2/c1-9-4-6-14(7-5-9)8-11(12(15)16)13-10-2-3-10/h9-11,13H,2-8H2,1H3,(H,15,16). The second-order valence-electron chi connectivity index (χ2n) is 5.31. The predicted molar refractivity (Wildman–Crippen MR) is 62.4 cm³/mol. The lowest BCUT2D eigenvalue weighted by Crippen LogP contribution is -2.48. The van der Waals surface area contributed by atoms with E-state index < -0.39 is 5.97 Å². The minimum atomic E-state index is -0.703. The van der Waals surface area contributed by atoms with E-state index >= 15 is 0 Å². The molecule has 1 atom stereocenters. The van der Waals surface area contributed by atoms with Crippen molar-refractivity contribution in [2.45, 2.75) is 44.7 Å². The first-order valence-electron chi connectivity index (χ1n) is 6.36. The lowest BCUT2D eigenvalue weighted by atomic mass is 9.99. The van der Waals surface area contributed by atoms with E-state index in [9.17, 15) is 4.79 Å². The minimum absolute atomic E-state index is 0.374. The summed E-state index contributed by atoms with van der Waals surface area (Å²) in [5.74, 6) is 0.0986. The van der Waals surface area contributed by atoms with E-state index in [4.69, 9.17) is 5.11 Å². The zero-order valence-corrected chi connectivity index (χ0v) is 9.98. The first-order chi connectivity index (χ1) is 7.65. The Labute approximate surface area is 97.0 Å². The lowest BCUT2D eigenvalue weighted by molar-refractivity contribution is -0.140. The molecular weight excluding hydrogens is 204 g/mol. The molecule has 0 amide bonds. The number of piperidine rings is 1. The number of carboxylic acids is 1. The Morgan fingerprint density at radius 1 is 1.38 bits per heavy atom. The van der Waals surface area contributed by atoms with Crippen LogP contribution in [0.4, 0.5) is 0 Å². The number of hydrogen-bond donors (Lipinski definition) is 2. The van der Waals surface area contributed by atoms with Gasteiger partial charge in [0.2, 0.25) is 0 Å². The van der Waals surface area contributed by atoms with Crippen LogP contribution in [0.25, 0.3) is 0 Å². The van der Waals surface area contributed by atoms with Crippen LogP contribution < -0.4 is 5.32 Å². The molecule has 4 nitrogen and oxygen atoms in total. The average molecular weight is 226 g/mol. The normalized spacial score (nSPS) is 25.6. The zero-order valence-electron chi connectivity index (χ0n) is 9.98. The fourth-order valence-corrected chi connectivity index (χ4v) is 2.24. The van der Waals surface area contributed by atoms with Crippen molar-refractivity contribution in [1.82, 2.24) is 10.2 Å². The summed E-state index contributed by atoms with van der Waals surface area (Å²) < 4.78 is 0. The van der Waals surface area contributed by atoms with Crippen molar-refractivity contribution >= 4 is 5.97 Å². The van der Waals surface area contributed by atoms with Crippen molar-refractivity contribution in [2.75, 3.05) is 19.6 Å². The highest BCUT2D eigenvalue weighted by atomic mass is 16.4. The van der Waals surface area contributed by atoms with Gasteiger partial charge in [-0.1, -0.05) is 6.92 Å². The SMILES string of the molecule is CC1CCN(CC(NC2CC2)C(=O)O)CC1. The van der Waals surface area contributed by atoms with E-state index in [0.29, 0.717) is 12.6 Å². The Morgan fingerprint density at radius 3 is 2.50 bits per heavy atom. The molecule has 2 fully saturated rings. The van der Waals surface area contributed by atoms with Gasteiger partial charge in [-0.2, -0.15) is 0 Å². The molecule has 0 spiro atoms. The largest absolute Gasteiger partial charge is 0.480 e. The third-order valence-electron chi connectivity index (χ3n) is 3.63. The Hall–Kier alpha value is -0.610. The third kappa shape index (κ3) is 3.46. The molecule has 4 heteroatoms. The van der Waals surface area contributed by atoms with Crippen molar-refractivity contribution in [1.29, 1.82) is 0 Å². The highest BCUT2D eigenvalue weighted by Gasteiger charge is 2.30. The van der Waals surface area contributed by atoms with E-state index in [2.05, 4.69) is 17.1 Å². The minimum Gasteiger partial charge on any atom is -0.480 e. The van der Waals surface area contributed by atoms with Crippen LogP contribution in [0.15, 0.2) is 0 Å². The summed E-state index contributed by atoms with van der Waals surface area (Å²) in [6, 6.07) is 0.0886. The molecule has 1 saturated heterocycles. The summed E-state index contributed by atoms with van der Waals surface area (Å²) in [6.07, 6.45) is 4.69. The van der Waals surface area contributed by atoms with E-state index in [1.165, 1.54) is 12.8 Å². The summed E-state index contributed by atoms with van der Waals surface area (Å²) >= 11 is 0. The predicted octanol–water partition coefficient (Wildman–Crippen LogP) is 0.923. The molecule has 0 aromatic rings. The second-order valence-corrected chi connectivity index (χ2v) is 5.31. The van der Waals surface area contributed by atoms with Gasteiger partial charge in [0, 0.05) is 12.6 Å².